The fourth-order valence-electron chi connectivity index (χ4n) is 3.12. The number of ether oxygens (including phenoxy) is 2. The van der Waals surface area contributed by atoms with Gasteiger partial charge in [-0.25, -0.2) is 5.43 Å². The molecular formula is C25H19BrCl2N2O4. The average molecular weight is 562 g/mol. The number of amides is 1. The first kappa shape index (κ1) is 24.1. The van der Waals surface area contributed by atoms with E-state index in [1.807, 2.05) is 31.2 Å². The van der Waals surface area contributed by atoms with Crippen molar-refractivity contribution in [3.05, 3.63) is 92.1 Å². The van der Waals surface area contributed by atoms with Gasteiger partial charge in [-0.05, 0) is 83.0 Å². The van der Waals surface area contributed by atoms with Crippen molar-refractivity contribution in [1.82, 2.24) is 5.43 Å². The number of hydrogen-bond donors (Lipinski definition) is 1. The summed E-state index contributed by atoms with van der Waals surface area (Å²) >= 11 is 15.6. The summed E-state index contributed by atoms with van der Waals surface area (Å²) in [5.41, 5.74) is 4.65. The molecule has 0 saturated carbocycles. The molecule has 1 N–H and O–H groups in total. The summed E-state index contributed by atoms with van der Waals surface area (Å²) in [5.74, 6) is 1.06. The lowest BCUT2D eigenvalue weighted by atomic mass is 10.2. The number of hydrogen-bond acceptors (Lipinski definition) is 5. The van der Waals surface area contributed by atoms with Crippen LogP contribution in [0.25, 0.3) is 11.0 Å². The number of nitrogens with one attached hydrogen (secondary N) is 1. The summed E-state index contributed by atoms with van der Waals surface area (Å²) in [7, 11) is 0. The van der Waals surface area contributed by atoms with E-state index in [9.17, 15) is 4.79 Å². The molecule has 1 amide bonds. The summed E-state index contributed by atoms with van der Waals surface area (Å²) in [5, 5.41) is 5.91. The summed E-state index contributed by atoms with van der Waals surface area (Å²) in [4.78, 5) is 12.4. The number of furan rings is 1. The predicted molar refractivity (Wildman–Crippen MR) is 137 cm³/mol. The highest BCUT2D eigenvalue weighted by Gasteiger charge is 2.12. The number of carbonyl (C=O) groups excluding carboxylic acids is 1. The molecule has 4 rings (SSSR count). The van der Waals surface area contributed by atoms with Gasteiger partial charge in [0.2, 0.25) is 0 Å². The molecule has 9 heteroatoms. The van der Waals surface area contributed by atoms with Crippen LogP contribution in [0.15, 0.2) is 74.7 Å². The van der Waals surface area contributed by atoms with Gasteiger partial charge in [0, 0.05) is 21.0 Å². The van der Waals surface area contributed by atoms with E-state index >= 15 is 0 Å². The van der Waals surface area contributed by atoms with E-state index in [1.165, 1.54) is 6.21 Å². The van der Waals surface area contributed by atoms with Crippen LogP contribution >= 0.6 is 39.1 Å². The maximum absolute atomic E-state index is 12.4. The average Bonchev–Trinajstić information content (AvgIpc) is 3.23. The molecule has 0 aliphatic rings. The van der Waals surface area contributed by atoms with E-state index in [0.717, 1.165) is 26.7 Å². The minimum absolute atomic E-state index is 0.159. The van der Waals surface area contributed by atoms with E-state index in [4.69, 9.17) is 37.1 Å². The number of rotatable bonds is 8. The Hall–Kier alpha value is -3.00. The van der Waals surface area contributed by atoms with Crippen molar-refractivity contribution < 1.29 is 18.7 Å². The van der Waals surface area contributed by atoms with Crippen LogP contribution in [0.4, 0.5) is 0 Å². The van der Waals surface area contributed by atoms with Crippen molar-refractivity contribution in [2.75, 3.05) is 6.61 Å². The van der Waals surface area contributed by atoms with Crippen LogP contribution in [0.3, 0.4) is 0 Å². The normalized spacial score (nSPS) is 11.2. The van der Waals surface area contributed by atoms with Crippen LogP contribution in [-0.4, -0.2) is 18.7 Å². The molecule has 0 spiro atoms. The molecule has 0 saturated heterocycles. The second kappa shape index (κ2) is 11.0. The Kier molecular flexibility index (Phi) is 7.77. The zero-order chi connectivity index (χ0) is 24.1. The summed E-state index contributed by atoms with van der Waals surface area (Å²) in [6.07, 6.45) is 1.53. The topological polar surface area (TPSA) is 73.1 Å². The molecule has 0 unspecified atom stereocenters. The number of halogens is 3. The van der Waals surface area contributed by atoms with E-state index < -0.39 is 5.91 Å². The molecule has 0 bridgehead atoms. The highest BCUT2D eigenvalue weighted by atomic mass is 79.9. The lowest BCUT2D eigenvalue weighted by Crippen LogP contribution is -2.16. The molecule has 0 fully saturated rings. The molecule has 0 aliphatic carbocycles. The number of nitrogens with zero attached hydrogens (tertiary/aromatic N) is 1. The molecule has 1 heterocycles. The number of benzene rings is 3. The molecular weight excluding hydrogens is 543 g/mol. The zero-order valence-corrected chi connectivity index (χ0v) is 21.1. The Balaban J connectivity index is 1.36. The van der Waals surface area contributed by atoms with Gasteiger partial charge < -0.3 is 13.9 Å². The highest BCUT2D eigenvalue weighted by Crippen LogP contribution is 2.28. The Bertz CT molecular complexity index is 1370. The van der Waals surface area contributed by atoms with Crippen molar-refractivity contribution in [2.24, 2.45) is 5.10 Å². The first-order valence-corrected chi connectivity index (χ1v) is 11.8. The van der Waals surface area contributed by atoms with Gasteiger partial charge in [0.05, 0.1) is 17.3 Å². The van der Waals surface area contributed by atoms with Gasteiger partial charge in [-0.2, -0.15) is 5.10 Å². The van der Waals surface area contributed by atoms with Crippen LogP contribution in [0.2, 0.25) is 10.0 Å². The molecule has 1 aromatic heterocycles. The Morgan fingerprint density at radius 2 is 1.94 bits per heavy atom. The van der Waals surface area contributed by atoms with E-state index in [2.05, 4.69) is 26.5 Å². The van der Waals surface area contributed by atoms with Crippen molar-refractivity contribution in [1.29, 1.82) is 0 Å². The van der Waals surface area contributed by atoms with Gasteiger partial charge in [-0.3, -0.25) is 4.79 Å². The van der Waals surface area contributed by atoms with Crippen LogP contribution < -0.4 is 14.9 Å². The standard InChI is InChI=1S/C25H19BrCl2N2O4/c1-2-32-19-6-8-22-17(10-19)11-24(34-22)25(31)30-29-13-15-3-7-23(20(26)9-15)33-14-16-4-5-18(27)12-21(16)28/h3-13H,2,14H2,1H3,(H,30,31)/b29-13+. The molecule has 174 valence electrons. The monoisotopic (exact) mass is 560 g/mol. The van der Waals surface area contributed by atoms with Gasteiger partial charge in [-0.15, -0.1) is 0 Å². The fourth-order valence-corrected chi connectivity index (χ4v) is 4.09. The van der Waals surface area contributed by atoms with Gasteiger partial charge in [-0.1, -0.05) is 29.3 Å². The predicted octanol–water partition coefficient (Wildman–Crippen LogP) is 7.24. The lowest BCUT2D eigenvalue weighted by molar-refractivity contribution is 0.0929. The third-order valence-corrected chi connectivity index (χ3v) is 5.96. The molecule has 0 aliphatic heterocycles. The summed E-state index contributed by atoms with van der Waals surface area (Å²) < 4.78 is 17.6. The molecule has 3 aromatic carbocycles. The Morgan fingerprint density at radius 1 is 1.09 bits per heavy atom. The second-order valence-electron chi connectivity index (χ2n) is 7.16. The second-order valence-corrected chi connectivity index (χ2v) is 8.85. The molecule has 0 radical (unpaired) electrons. The van der Waals surface area contributed by atoms with E-state index in [1.54, 1.807) is 36.4 Å². The van der Waals surface area contributed by atoms with Crippen LogP contribution in [0.1, 0.15) is 28.6 Å². The van der Waals surface area contributed by atoms with Crippen LogP contribution in [-0.2, 0) is 6.61 Å². The zero-order valence-electron chi connectivity index (χ0n) is 18.0. The molecule has 34 heavy (non-hydrogen) atoms. The van der Waals surface area contributed by atoms with Gasteiger partial charge in [0.25, 0.3) is 0 Å². The van der Waals surface area contributed by atoms with Crippen LogP contribution in [0.5, 0.6) is 11.5 Å². The third kappa shape index (κ3) is 5.91. The van der Waals surface area contributed by atoms with Gasteiger partial charge in [0.15, 0.2) is 5.76 Å². The van der Waals surface area contributed by atoms with Crippen molar-refractivity contribution in [2.45, 2.75) is 13.5 Å². The Labute approximate surface area is 214 Å². The summed E-state index contributed by atoms with van der Waals surface area (Å²) in [6, 6.07) is 17.7. The first-order chi connectivity index (χ1) is 16.4. The van der Waals surface area contributed by atoms with Crippen molar-refractivity contribution in [3.8, 4) is 11.5 Å². The number of fused-ring (bicyclic) bond motifs is 1. The SMILES string of the molecule is CCOc1ccc2oc(C(=O)N/N=C/c3ccc(OCc4ccc(Cl)cc4Cl)c(Br)c3)cc2c1. The summed E-state index contributed by atoms with van der Waals surface area (Å²) in [6.45, 7) is 2.76. The maximum Gasteiger partial charge on any atom is 0.307 e. The van der Waals surface area contributed by atoms with Gasteiger partial charge >= 0.3 is 5.91 Å². The van der Waals surface area contributed by atoms with E-state index in [-0.39, 0.29) is 5.76 Å². The molecule has 6 nitrogen and oxygen atoms in total. The minimum Gasteiger partial charge on any atom is -0.494 e. The van der Waals surface area contributed by atoms with Crippen molar-refractivity contribution >= 4 is 62.2 Å². The van der Waals surface area contributed by atoms with Crippen LogP contribution in [0, 0.1) is 0 Å². The highest BCUT2D eigenvalue weighted by molar-refractivity contribution is 9.10. The first-order valence-electron chi connectivity index (χ1n) is 10.3. The molecule has 4 aromatic rings. The van der Waals surface area contributed by atoms with E-state index in [0.29, 0.717) is 34.6 Å². The van der Waals surface area contributed by atoms with Gasteiger partial charge in [0.1, 0.15) is 23.7 Å². The third-order valence-electron chi connectivity index (χ3n) is 4.76. The lowest BCUT2D eigenvalue weighted by Gasteiger charge is -2.10. The minimum atomic E-state index is -0.454. The van der Waals surface area contributed by atoms with Crippen molar-refractivity contribution in [3.63, 3.8) is 0 Å². The smallest absolute Gasteiger partial charge is 0.307 e. The Morgan fingerprint density at radius 3 is 2.71 bits per heavy atom. The molecule has 0 atom stereocenters. The fraction of sp³-hybridized carbons (Fsp3) is 0.120. The maximum atomic E-state index is 12.4. The number of hydrazone groups is 1. The largest absolute Gasteiger partial charge is 0.494 e. The quantitative estimate of drug-likeness (QED) is 0.182. The number of carbonyl (C=O) groups is 1.